The van der Waals surface area contributed by atoms with Gasteiger partial charge in [0.1, 0.15) is 0 Å². The summed E-state index contributed by atoms with van der Waals surface area (Å²) in [5.74, 6) is 2.38. The molecule has 4 atom stereocenters. The van der Waals surface area contributed by atoms with Crippen molar-refractivity contribution < 1.29 is 0 Å². The minimum atomic E-state index is 0.427. The Bertz CT molecular complexity index is 425. The molecule has 19 heavy (non-hydrogen) atoms. The molecule has 3 rings (SSSR count). The maximum absolute atomic E-state index is 6.64. The third-order valence-electron chi connectivity index (χ3n) is 5.45. The molecular formula is C18H27N. The Morgan fingerprint density at radius 1 is 1.05 bits per heavy atom. The Hall–Kier alpha value is -0.820. The average molecular weight is 257 g/mol. The van der Waals surface area contributed by atoms with Crippen LogP contribution in [0.5, 0.6) is 0 Å². The van der Waals surface area contributed by atoms with Crippen LogP contribution < -0.4 is 5.73 Å². The molecule has 1 heteroatoms. The fourth-order valence-electron chi connectivity index (χ4n) is 4.27. The van der Waals surface area contributed by atoms with Crippen LogP contribution in [0, 0.1) is 17.8 Å². The summed E-state index contributed by atoms with van der Waals surface area (Å²) in [7, 11) is 0. The lowest BCUT2D eigenvalue weighted by Crippen LogP contribution is -2.42. The Labute approximate surface area is 117 Å². The topological polar surface area (TPSA) is 26.0 Å². The fourth-order valence-corrected chi connectivity index (χ4v) is 4.27. The second kappa shape index (κ2) is 5.66. The minimum Gasteiger partial charge on any atom is -0.327 e. The highest BCUT2D eigenvalue weighted by Crippen LogP contribution is 2.36. The van der Waals surface area contributed by atoms with Crippen LogP contribution in [-0.4, -0.2) is 6.04 Å². The molecule has 1 nitrogen and oxygen atoms in total. The third-order valence-corrected chi connectivity index (χ3v) is 5.45. The summed E-state index contributed by atoms with van der Waals surface area (Å²) < 4.78 is 0. The van der Waals surface area contributed by atoms with Crippen molar-refractivity contribution in [3.8, 4) is 0 Å². The average Bonchev–Trinajstić information content (AvgIpc) is 2.46. The first-order chi connectivity index (χ1) is 9.24. The molecule has 1 saturated carbocycles. The van der Waals surface area contributed by atoms with E-state index < -0.39 is 0 Å². The summed E-state index contributed by atoms with van der Waals surface area (Å²) in [6.07, 6.45) is 9.27. The molecule has 1 fully saturated rings. The summed E-state index contributed by atoms with van der Waals surface area (Å²) in [5.41, 5.74) is 9.75. The molecule has 0 radical (unpaired) electrons. The van der Waals surface area contributed by atoms with Gasteiger partial charge in [0.25, 0.3) is 0 Å². The summed E-state index contributed by atoms with van der Waals surface area (Å²) in [5, 5.41) is 0. The Morgan fingerprint density at radius 2 is 1.84 bits per heavy atom. The zero-order valence-electron chi connectivity index (χ0n) is 12.1. The van der Waals surface area contributed by atoms with Gasteiger partial charge in [-0.05, 0) is 61.0 Å². The molecule has 2 aliphatic carbocycles. The quantitative estimate of drug-likeness (QED) is 0.853. The smallest absolute Gasteiger partial charge is 0.00990 e. The van der Waals surface area contributed by atoms with Crippen LogP contribution in [0.25, 0.3) is 0 Å². The predicted octanol–water partition coefficient (Wildman–Crippen LogP) is 3.95. The summed E-state index contributed by atoms with van der Waals surface area (Å²) >= 11 is 0. The van der Waals surface area contributed by atoms with E-state index >= 15 is 0 Å². The van der Waals surface area contributed by atoms with Gasteiger partial charge in [-0.1, -0.05) is 44.0 Å². The van der Waals surface area contributed by atoms with Gasteiger partial charge in [-0.25, -0.2) is 0 Å². The van der Waals surface area contributed by atoms with Crippen LogP contribution in [0.2, 0.25) is 0 Å². The van der Waals surface area contributed by atoms with Crippen molar-refractivity contribution >= 4 is 0 Å². The van der Waals surface area contributed by atoms with Gasteiger partial charge in [-0.2, -0.15) is 0 Å². The first-order valence-electron chi connectivity index (χ1n) is 8.06. The SMILES string of the molecule is CC1CCCC(C(N)C2CCc3ccccc3C2)C1. The molecule has 0 aromatic heterocycles. The monoisotopic (exact) mass is 257 g/mol. The highest BCUT2D eigenvalue weighted by molar-refractivity contribution is 5.30. The van der Waals surface area contributed by atoms with Crippen molar-refractivity contribution in [1.29, 1.82) is 0 Å². The molecule has 0 amide bonds. The number of fused-ring (bicyclic) bond motifs is 1. The highest BCUT2D eigenvalue weighted by atomic mass is 14.7. The molecule has 0 saturated heterocycles. The van der Waals surface area contributed by atoms with Gasteiger partial charge in [-0.15, -0.1) is 0 Å². The van der Waals surface area contributed by atoms with E-state index in [2.05, 4.69) is 31.2 Å². The number of benzene rings is 1. The van der Waals surface area contributed by atoms with Crippen molar-refractivity contribution in [1.82, 2.24) is 0 Å². The van der Waals surface area contributed by atoms with Gasteiger partial charge in [0.15, 0.2) is 0 Å². The molecule has 1 aromatic carbocycles. The van der Waals surface area contributed by atoms with E-state index in [-0.39, 0.29) is 0 Å². The van der Waals surface area contributed by atoms with Gasteiger partial charge in [-0.3, -0.25) is 0 Å². The van der Waals surface area contributed by atoms with E-state index in [0.717, 1.165) is 11.8 Å². The second-order valence-electron chi connectivity index (χ2n) is 6.88. The molecule has 2 N–H and O–H groups in total. The number of aryl methyl sites for hydroxylation is 1. The Kier molecular flexibility index (Phi) is 3.93. The van der Waals surface area contributed by atoms with Gasteiger partial charge in [0, 0.05) is 6.04 Å². The normalized spacial score (nSPS) is 32.6. The number of hydrogen-bond acceptors (Lipinski definition) is 1. The Balaban J connectivity index is 1.67. The summed E-state index contributed by atoms with van der Waals surface area (Å²) in [4.78, 5) is 0. The van der Waals surface area contributed by atoms with Crippen LogP contribution in [0.3, 0.4) is 0 Å². The molecule has 0 bridgehead atoms. The van der Waals surface area contributed by atoms with Gasteiger partial charge >= 0.3 is 0 Å². The van der Waals surface area contributed by atoms with E-state index in [1.807, 2.05) is 0 Å². The zero-order valence-corrected chi connectivity index (χ0v) is 12.1. The lowest BCUT2D eigenvalue weighted by molar-refractivity contribution is 0.195. The minimum absolute atomic E-state index is 0.427. The molecule has 0 aliphatic heterocycles. The molecule has 4 unspecified atom stereocenters. The van der Waals surface area contributed by atoms with Crippen LogP contribution >= 0.6 is 0 Å². The van der Waals surface area contributed by atoms with E-state index in [1.165, 1.54) is 44.9 Å². The highest BCUT2D eigenvalue weighted by Gasteiger charge is 2.31. The van der Waals surface area contributed by atoms with E-state index in [9.17, 15) is 0 Å². The van der Waals surface area contributed by atoms with Crippen LogP contribution in [-0.2, 0) is 12.8 Å². The summed E-state index contributed by atoms with van der Waals surface area (Å²) in [6.45, 7) is 2.40. The van der Waals surface area contributed by atoms with Crippen molar-refractivity contribution in [2.75, 3.05) is 0 Å². The third kappa shape index (κ3) is 2.86. The zero-order chi connectivity index (χ0) is 13.2. The fraction of sp³-hybridized carbons (Fsp3) is 0.667. The van der Waals surface area contributed by atoms with Gasteiger partial charge in [0.05, 0.1) is 0 Å². The van der Waals surface area contributed by atoms with Gasteiger partial charge in [0.2, 0.25) is 0 Å². The molecule has 0 heterocycles. The molecule has 1 aromatic rings. The van der Waals surface area contributed by atoms with Crippen molar-refractivity contribution in [2.24, 2.45) is 23.5 Å². The second-order valence-corrected chi connectivity index (χ2v) is 6.88. The van der Waals surface area contributed by atoms with E-state index in [1.54, 1.807) is 11.1 Å². The van der Waals surface area contributed by atoms with Crippen molar-refractivity contribution in [3.05, 3.63) is 35.4 Å². The maximum Gasteiger partial charge on any atom is 0.00990 e. The number of nitrogens with two attached hydrogens (primary N) is 1. The van der Waals surface area contributed by atoms with Crippen molar-refractivity contribution in [2.45, 2.75) is 57.9 Å². The predicted molar refractivity (Wildman–Crippen MR) is 81.1 cm³/mol. The molecule has 2 aliphatic rings. The van der Waals surface area contributed by atoms with Gasteiger partial charge < -0.3 is 5.73 Å². The Morgan fingerprint density at radius 3 is 2.63 bits per heavy atom. The summed E-state index contributed by atoms with van der Waals surface area (Å²) in [6, 6.07) is 9.37. The lowest BCUT2D eigenvalue weighted by atomic mass is 9.71. The van der Waals surface area contributed by atoms with Crippen LogP contribution in [0.15, 0.2) is 24.3 Å². The largest absolute Gasteiger partial charge is 0.327 e. The molecule has 104 valence electrons. The van der Waals surface area contributed by atoms with Crippen LogP contribution in [0.4, 0.5) is 0 Å². The molecular weight excluding hydrogens is 230 g/mol. The van der Waals surface area contributed by atoms with Crippen LogP contribution in [0.1, 0.15) is 50.2 Å². The van der Waals surface area contributed by atoms with E-state index in [0.29, 0.717) is 12.0 Å². The first-order valence-corrected chi connectivity index (χ1v) is 8.06. The van der Waals surface area contributed by atoms with Crippen molar-refractivity contribution in [3.63, 3.8) is 0 Å². The standard InChI is InChI=1S/C18H27N/c1-13-5-4-8-16(11-13)18(19)17-10-9-14-6-2-3-7-15(14)12-17/h2-3,6-7,13,16-18H,4-5,8-12,19H2,1H3. The number of rotatable bonds is 2. The molecule has 0 spiro atoms. The maximum atomic E-state index is 6.64. The number of hydrogen-bond donors (Lipinski definition) is 1. The lowest BCUT2D eigenvalue weighted by Gasteiger charge is -2.37. The first kappa shape index (κ1) is 13.2. The van der Waals surface area contributed by atoms with E-state index in [4.69, 9.17) is 5.73 Å².